The zero-order valence-corrected chi connectivity index (χ0v) is 12.6. The lowest BCUT2D eigenvalue weighted by Gasteiger charge is -2.10. The summed E-state index contributed by atoms with van der Waals surface area (Å²) in [5, 5.41) is 0. The average Bonchev–Trinajstić information content (AvgIpc) is 2.63. The van der Waals surface area contributed by atoms with Crippen LogP contribution < -0.4 is 4.57 Å². The van der Waals surface area contributed by atoms with Crippen LogP contribution in [0.15, 0.2) is 60.8 Å². The fourth-order valence-corrected chi connectivity index (χ4v) is 2.56. The number of aromatic nitrogens is 1. The predicted molar refractivity (Wildman–Crippen MR) is 92.7 cm³/mol. The van der Waals surface area contributed by atoms with Crippen molar-refractivity contribution >= 4 is 0 Å². The minimum atomic E-state index is -2.70. The van der Waals surface area contributed by atoms with Crippen molar-refractivity contribution in [3.05, 3.63) is 77.5 Å². The van der Waals surface area contributed by atoms with Gasteiger partial charge in [0.15, 0.2) is 6.17 Å². The molecule has 0 saturated heterocycles. The first kappa shape index (κ1) is 8.28. The van der Waals surface area contributed by atoms with Crippen molar-refractivity contribution in [3.8, 4) is 22.4 Å². The Bertz CT molecular complexity index is 1050. The molecule has 1 aromatic heterocycles. The highest BCUT2D eigenvalue weighted by Gasteiger charge is 2.15. The molecule has 0 saturated carbocycles. The zero-order chi connectivity index (χ0) is 21.6. The van der Waals surface area contributed by atoms with Gasteiger partial charge in [0.05, 0.1) is 0 Å². The second-order valence-corrected chi connectivity index (χ2v) is 5.38. The molecule has 1 nitrogen and oxygen atoms in total. The summed E-state index contributed by atoms with van der Waals surface area (Å²) in [6.07, 6.45) is -0.321. The third-order valence-electron chi connectivity index (χ3n) is 3.81. The Kier molecular flexibility index (Phi) is 2.17. The highest BCUT2D eigenvalue weighted by atomic mass is 14.9. The van der Waals surface area contributed by atoms with Crippen LogP contribution in [0.2, 0.25) is 0 Å². The molecular weight excluding hydrogens is 266 g/mol. The molecule has 0 atom stereocenters. The Morgan fingerprint density at radius 2 is 1.64 bits per heavy atom. The van der Waals surface area contributed by atoms with E-state index in [0.29, 0.717) is 5.69 Å². The molecule has 1 heteroatoms. The van der Waals surface area contributed by atoms with Gasteiger partial charge in [0.2, 0.25) is 5.69 Å². The van der Waals surface area contributed by atoms with Crippen molar-refractivity contribution in [3.63, 3.8) is 0 Å². The third kappa shape index (κ3) is 2.67. The molecule has 0 spiro atoms. The summed E-state index contributed by atoms with van der Waals surface area (Å²) in [7, 11) is 1.59. The lowest BCUT2D eigenvalue weighted by atomic mass is 9.96. The van der Waals surface area contributed by atoms with Crippen LogP contribution in [0.25, 0.3) is 22.4 Å². The van der Waals surface area contributed by atoms with Crippen LogP contribution in [0.1, 0.15) is 26.3 Å². The SMILES string of the molecule is [2H]c1c(C([2H])([2H])[2H])c(C([2H])([2H])[2H])cc(-c2cc(-c3ccccc3)ccc2C)[n+]1C. The summed E-state index contributed by atoms with van der Waals surface area (Å²) in [4.78, 5) is 0. The van der Waals surface area contributed by atoms with Gasteiger partial charge in [-0.25, -0.2) is 4.57 Å². The van der Waals surface area contributed by atoms with Crippen molar-refractivity contribution < 1.29 is 14.2 Å². The molecule has 0 aliphatic heterocycles. The van der Waals surface area contributed by atoms with Crippen molar-refractivity contribution in [2.75, 3.05) is 0 Å². The highest BCUT2D eigenvalue weighted by Crippen LogP contribution is 2.28. The molecule has 0 fully saturated rings. The summed E-state index contributed by atoms with van der Waals surface area (Å²) in [6.45, 7) is -3.44. The summed E-state index contributed by atoms with van der Waals surface area (Å²) in [5.41, 5.74) is 3.37. The van der Waals surface area contributed by atoms with E-state index in [1.54, 1.807) is 7.05 Å². The number of hydrogen-bond donors (Lipinski definition) is 0. The van der Waals surface area contributed by atoms with Gasteiger partial charge in [0.1, 0.15) is 8.42 Å². The summed E-state index contributed by atoms with van der Waals surface area (Å²) in [6, 6.07) is 17.0. The minimum Gasteiger partial charge on any atom is -0.201 e. The third-order valence-corrected chi connectivity index (χ3v) is 3.81. The predicted octanol–water partition coefficient (Wildman–Crippen LogP) is 4.77. The quantitative estimate of drug-likeness (QED) is 0.600. The number of aryl methyl sites for hydroxylation is 2. The summed E-state index contributed by atoms with van der Waals surface area (Å²) >= 11 is 0. The van der Waals surface area contributed by atoms with Gasteiger partial charge in [-0.3, -0.25) is 0 Å². The maximum Gasteiger partial charge on any atom is 0.212 e. The number of rotatable bonds is 2. The van der Waals surface area contributed by atoms with Crippen LogP contribution in [0, 0.1) is 20.6 Å². The Hall–Kier alpha value is -2.41. The van der Waals surface area contributed by atoms with Gasteiger partial charge in [-0.1, -0.05) is 42.5 Å². The monoisotopic (exact) mass is 295 g/mol. The first-order chi connectivity index (χ1) is 13.4. The molecule has 0 aliphatic carbocycles. The van der Waals surface area contributed by atoms with E-state index in [-0.39, 0.29) is 11.7 Å². The van der Waals surface area contributed by atoms with Gasteiger partial charge in [-0.05, 0) is 48.9 Å². The smallest absolute Gasteiger partial charge is 0.201 e. The Balaban J connectivity index is 2.31. The van der Waals surface area contributed by atoms with Gasteiger partial charge in [-0.2, -0.15) is 0 Å². The number of pyridine rings is 1. The number of hydrogen-bond acceptors (Lipinski definition) is 0. The van der Waals surface area contributed by atoms with Gasteiger partial charge in [0.25, 0.3) is 0 Å². The lowest BCUT2D eigenvalue weighted by molar-refractivity contribution is -0.660. The van der Waals surface area contributed by atoms with E-state index in [0.717, 1.165) is 22.3 Å². The highest BCUT2D eigenvalue weighted by molar-refractivity contribution is 5.73. The van der Waals surface area contributed by atoms with E-state index in [1.807, 2.05) is 55.5 Å². The van der Waals surface area contributed by atoms with E-state index in [2.05, 4.69) is 0 Å². The molecule has 0 unspecified atom stereocenters. The van der Waals surface area contributed by atoms with Gasteiger partial charge < -0.3 is 0 Å². The molecule has 22 heavy (non-hydrogen) atoms. The Morgan fingerprint density at radius 1 is 0.864 bits per heavy atom. The molecule has 3 rings (SSSR count). The summed E-state index contributed by atoms with van der Waals surface area (Å²) in [5.74, 6) is 0. The van der Waals surface area contributed by atoms with Crippen LogP contribution in [-0.2, 0) is 7.05 Å². The Morgan fingerprint density at radius 3 is 2.36 bits per heavy atom. The molecule has 0 amide bonds. The van der Waals surface area contributed by atoms with E-state index >= 15 is 0 Å². The Labute approximate surface area is 142 Å². The van der Waals surface area contributed by atoms with Crippen molar-refractivity contribution in [1.82, 2.24) is 0 Å². The van der Waals surface area contributed by atoms with E-state index in [4.69, 9.17) is 9.60 Å². The largest absolute Gasteiger partial charge is 0.212 e. The minimum absolute atomic E-state index is 0.305. The maximum atomic E-state index is 8.40. The van der Waals surface area contributed by atoms with Crippen molar-refractivity contribution in [2.45, 2.75) is 20.6 Å². The first-order valence-electron chi connectivity index (χ1n) is 10.6. The van der Waals surface area contributed by atoms with E-state index < -0.39 is 19.3 Å². The topological polar surface area (TPSA) is 3.88 Å². The second-order valence-electron chi connectivity index (χ2n) is 5.38. The van der Waals surface area contributed by atoms with Crippen molar-refractivity contribution in [1.29, 1.82) is 0 Å². The molecule has 3 aromatic rings. The van der Waals surface area contributed by atoms with Crippen LogP contribution in [0.4, 0.5) is 0 Å². The van der Waals surface area contributed by atoms with Crippen LogP contribution >= 0.6 is 0 Å². The van der Waals surface area contributed by atoms with Crippen LogP contribution in [0.5, 0.6) is 0 Å². The first-order valence-corrected chi connectivity index (χ1v) is 7.12. The zero-order valence-electron chi connectivity index (χ0n) is 19.6. The van der Waals surface area contributed by atoms with Gasteiger partial charge >= 0.3 is 0 Å². The molecular formula is C21H22N+. The molecule has 2 aromatic carbocycles. The normalized spacial score (nSPS) is 16.5. The van der Waals surface area contributed by atoms with E-state index in [9.17, 15) is 0 Å². The molecule has 0 aliphatic rings. The standard InChI is InChI=1S/C21H22N/c1-15-10-11-19(18-8-6-5-7-9-18)13-20(15)21-12-16(2)17(3)14-22(21)4/h5-14H,1-4H3/q+1/i2D3,3D3,14D. The fourth-order valence-electron chi connectivity index (χ4n) is 2.56. The number of benzene rings is 2. The molecule has 110 valence electrons. The fraction of sp³-hybridized carbons (Fsp3) is 0.190. The maximum absolute atomic E-state index is 8.40. The average molecular weight is 295 g/mol. The number of nitrogens with zero attached hydrogens (tertiary/aromatic N) is 1. The molecule has 1 heterocycles. The summed E-state index contributed by atoms with van der Waals surface area (Å²) < 4.78 is 56.6. The molecule has 0 N–H and O–H groups in total. The van der Waals surface area contributed by atoms with Crippen molar-refractivity contribution in [2.24, 2.45) is 7.05 Å². The second kappa shape index (κ2) is 5.76. The molecule has 0 bridgehead atoms. The lowest BCUT2D eigenvalue weighted by Crippen LogP contribution is -2.31. The van der Waals surface area contributed by atoms with Crippen LogP contribution in [-0.4, -0.2) is 0 Å². The van der Waals surface area contributed by atoms with Gasteiger partial charge in [0, 0.05) is 25.4 Å². The van der Waals surface area contributed by atoms with Crippen LogP contribution in [0.3, 0.4) is 0 Å². The molecule has 0 radical (unpaired) electrons. The van der Waals surface area contributed by atoms with Gasteiger partial charge in [-0.15, -0.1) is 0 Å². The van der Waals surface area contributed by atoms with E-state index in [1.165, 1.54) is 10.6 Å².